The number of fused-ring (bicyclic) bond motifs is 1. The van der Waals surface area contributed by atoms with E-state index in [0.717, 1.165) is 56.6 Å². The third-order valence-electron chi connectivity index (χ3n) is 6.35. The molecule has 204 valence electrons. The van der Waals surface area contributed by atoms with Gasteiger partial charge in [0.1, 0.15) is 5.78 Å². The van der Waals surface area contributed by atoms with Gasteiger partial charge in [-0.15, -0.1) is 0 Å². The van der Waals surface area contributed by atoms with Gasteiger partial charge in [0.15, 0.2) is 11.5 Å². The standard InChI is InChI=1S/C15H25N3.C10H11FN2.C5H10O/c1-5-6-13-12(2)16-8-7-14(13)18-10-9-17-15(3,4)11-18;1-3-8-4-9(11)10-12-7(2)5-13(10)6-8;1-3-4-5(2)6/h7-8,17H,5-6,9-11H2,1-4H3;4-6H,3H2,1-2H3;3-4H2,1-2H3. The third kappa shape index (κ3) is 9.22. The number of hydrogen-bond acceptors (Lipinski definition) is 5. The van der Waals surface area contributed by atoms with Crippen LogP contribution in [-0.4, -0.2) is 45.3 Å². The lowest BCUT2D eigenvalue weighted by Gasteiger charge is -2.41. The number of nitrogens with zero attached hydrogens (tertiary/aromatic N) is 4. The first-order chi connectivity index (χ1) is 17.5. The average Bonchev–Trinajstić information content (AvgIpc) is 3.21. The van der Waals surface area contributed by atoms with Gasteiger partial charge in [-0.1, -0.05) is 27.2 Å². The van der Waals surface area contributed by atoms with Crippen LogP contribution in [0.4, 0.5) is 10.1 Å². The van der Waals surface area contributed by atoms with Crippen LogP contribution in [0.1, 0.15) is 83.3 Å². The van der Waals surface area contributed by atoms with Gasteiger partial charge in [-0.2, -0.15) is 0 Å². The molecule has 0 radical (unpaired) electrons. The second kappa shape index (κ2) is 14.2. The van der Waals surface area contributed by atoms with Crippen LogP contribution >= 0.6 is 0 Å². The summed E-state index contributed by atoms with van der Waals surface area (Å²) >= 11 is 0. The Morgan fingerprint density at radius 2 is 1.89 bits per heavy atom. The van der Waals surface area contributed by atoms with Crippen LogP contribution in [0.5, 0.6) is 0 Å². The highest BCUT2D eigenvalue weighted by atomic mass is 19.1. The number of nitrogens with one attached hydrogen (secondary N) is 1. The van der Waals surface area contributed by atoms with Crippen molar-refractivity contribution in [3.63, 3.8) is 0 Å². The minimum absolute atomic E-state index is 0.193. The number of Topliss-reactive ketones (excluding diaryl/α,β-unsaturated/α-hetero) is 1. The number of rotatable bonds is 6. The minimum atomic E-state index is -0.243. The second-order valence-electron chi connectivity index (χ2n) is 10.5. The molecule has 7 heteroatoms. The number of carbonyl (C=O) groups excluding carboxylic acids is 1. The zero-order valence-electron chi connectivity index (χ0n) is 24.1. The van der Waals surface area contributed by atoms with Gasteiger partial charge in [-0.25, -0.2) is 9.37 Å². The molecular formula is C30H46FN5O. The monoisotopic (exact) mass is 511 g/mol. The average molecular weight is 512 g/mol. The SMILES string of the molecule is CCCC(C)=O.CCCc1c(N2CCNC(C)(C)C2)ccnc1C.CCc1cc(F)c2nc(C)cn2c1. The van der Waals surface area contributed by atoms with Crippen molar-refractivity contribution in [2.75, 3.05) is 24.5 Å². The molecule has 1 saturated heterocycles. The second-order valence-corrected chi connectivity index (χ2v) is 10.5. The Hall–Kier alpha value is -2.80. The summed E-state index contributed by atoms with van der Waals surface area (Å²) in [6.45, 7) is 19.6. The molecule has 1 aliphatic heterocycles. The number of halogens is 1. The molecule has 4 rings (SSSR count). The van der Waals surface area contributed by atoms with E-state index in [0.29, 0.717) is 5.65 Å². The van der Waals surface area contributed by atoms with E-state index in [2.05, 4.69) is 53.9 Å². The summed E-state index contributed by atoms with van der Waals surface area (Å²) in [4.78, 5) is 21.1. The first-order valence-electron chi connectivity index (χ1n) is 13.6. The highest BCUT2D eigenvalue weighted by Crippen LogP contribution is 2.26. The normalized spacial score (nSPS) is 14.5. The van der Waals surface area contributed by atoms with E-state index in [1.807, 2.05) is 39.4 Å². The number of aromatic nitrogens is 3. The van der Waals surface area contributed by atoms with Crippen molar-refractivity contribution in [2.24, 2.45) is 0 Å². The molecule has 0 atom stereocenters. The van der Waals surface area contributed by atoms with Crippen LogP contribution in [0.3, 0.4) is 0 Å². The fourth-order valence-corrected chi connectivity index (χ4v) is 4.57. The molecule has 3 aromatic heterocycles. The van der Waals surface area contributed by atoms with Crippen LogP contribution < -0.4 is 10.2 Å². The molecule has 0 unspecified atom stereocenters. The smallest absolute Gasteiger partial charge is 0.173 e. The highest BCUT2D eigenvalue weighted by molar-refractivity contribution is 5.75. The number of anilines is 1. The van der Waals surface area contributed by atoms with Crippen LogP contribution in [-0.2, 0) is 17.6 Å². The zero-order valence-corrected chi connectivity index (χ0v) is 24.1. The third-order valence-corrected chi connectivity index (χ3v) is 6.35. The molecule has 1 N–H and O–H groups in total. The van der Waals surface area contributed by atoms with Crippen molar-refractivity contribution in [2.45, 2.75) is 93.0 Å². The van der Waals surface area contributed by atoms with E-state index in [1.165, 1.54) is 23.4 Å². The molecule has 4 heterocycles. The van der Waals surface area contributed by atoms with E-state index in [1.54, 1.807) is 17.4 Å². The van der Waals surface area contributed by atoms with Crippen LogP contribution in [0.2, 0.25) is 0 Å². The van der Waals surface area contributed by atoms with Crippen molar-refractivity contribution in [3.8, 4) is 0 Å². The predicted molar refractivity (Wildman–Crippen MR) is 152 cm³/mol. The Labute approximate surface area is 222 Å². The quantitative estimate of drug-likeness (QED) is 0.424. The van der Waals surface area contributed by atoms with Gasteiger partial charge in [0, 0.05) is 61.6 Å². The van der Waals surface area contributed by atoms with Crippen molar-refractivity contribution >= 4 is 17.1 Å². The molecule has 1 aliphatic rings. The first-order valence-corrected chi connectivity index (χ1v) is 13.6. The number of aryl methyl sites for hydroxylation is 3. The minimum Gasteiger partial charge on any atom is -0.368 e. The van der Waals surface area contributed by atoms with Gasteiger partial charge >= 0.3 is 0 Å². The number of hydrogen-bond donors (Lipinski definition) is 1. The number of ketones is 1. The molecule has 0 amide bonds. The summed E-state index contributed by atoms with van der Waals surface area (Å²) in [5, 5.41) is 3.57. The molecule has 0 aliphatic carbocycles. The fourth-order valence-electron chi connectivity index (χ4n) is 4.57. The molecule has 37 heavy (non-hydrogen) atoms. The van der Waals surface area contributed by atoms with E-state index in [9.17, 15) is 9.18 Å². The maximum Gasteiger partial charge on any atom is 0.173 e. The van der Waals surface area contributed by atoms with Gasteiger partial charge in [0.25, 0.3) is 0 Å². The number of imidazole rings is 1. The maximum absolute atomic E-state index is 13.4. The molecule has 1 fully saturated rings. The number of pyridine rings is 2. The van der Waals surface area contributed by atoms with E-state index in [-0.39, 0.29) is 17.1 Å². The number of carbonyl (C=O) groups is 1. The lowest BCUT2D eigenvalue weighted by molar-refractivity contribution is -0.117. The van der Waals surface area contributed by atoms with Crippen molar-refractivity contribution in [1.29, 1.82) is 0 Å². The van der Waals surface area contributed by atoms with Crippen LogP contribution in [0, 0.1) is 19.7 Å². The maximum atomic E-state index is 13.4. The molecule has 0 bridgehead atoms. The Balaban J connectivity index is 0.000000221. The Bertz CT molecular complexity index is 1150. The molecular weight excluding hydrogens is 465 g/mol. The summed E-state index contributed by atoms with van der Waals surface area (Å²) in [7, 11) is 0. The molecule has 0 aromatic carbocycles. The summed E-state index contributed by atoms with van der Waals surface area (Å²) < 4.78 is 15.1. The largest absolute Gasteiger partial charge is 0.368 e. The summed E-state index contributed by atoms with van der Waals surface area (Å²) in [5.74, 6) is 0.0463. The fraction of sp³-hybridized carbons (Fsp3) is 0.567. The van der Waals surface area contributed by atoms with Gasteiger partial charge in [-0.05, 0) is 77.1 Å². The summed E-state index contributed by atoms with van der Waals surface area (Å²) in [6, 6.07) is 3.72. The molecule has 3 aromatic rings. The first kappa shape index (κ1) is 30.4. The topological polar surface area (TPSA) is 62.5 Å². The van der Waals surface area contributed by atoms with Gasteiger partial charge in [0.05, 0.1) is 5.69 Å². The lowest BCUT2D eigenvalue weighted by atomic mass is 9.99. The summed E-state index contributed by atoms with van der Waals surface area (Å²) in [5.41, 5.74) is 6.44. The Morgan fingerprint density at radius 1 is 1.16 bits per heavy atom. The predicted octanol–water partition coefficient (Wildman–Crippen LogP) is 6.25. The van der Waals surface area contributed by atoms with Crippen molar-refractivity contribution < 1.29 is 9.18 Å². The van der Waals surface area contributed by atoms with E-state index < -0.39 is 0 Å². The van der Waals surface area contributed by atoms with Crippen molar-refractivity contribution in [1.82, 2.24) is 19.7 Å². The van der Waals surface area contributed by atoms with Crippen LogP contribution in [0.15, 0.2) is 30.7 Å². The van der Waals surface area contributed by atoms with E-state index in [4.69, 9.17) is 0 Å². The lowest BCUT2D eigenvalue weighted by Crippen LogP contribution is -2.57. The zero-order chi connectivity index (χ0) is 27.6. The molecule has 6 nitrogen and oxygen atoms in total. The number of piperazine rings is 1. The Morgan fingerprint density at radius 3 is 2.46 bits per heavy atom. The van der Waals surface area contributed by atoms with Gasteiger partial charge in [-0.3, -0.25) is 4.98 Å². The molecule has 0 saturated carbocycles. The molecule has 0 spiro atoms. The Kier molecular flexibility index (Phi) is 11.7. The van der Waals surface area contributed by atoms with Crippen LogP contribution in [0.25, 0.3) is 5.65 Å². The van der Waals surface area contributed by atoms with Gasteiger partial charge < -0.3 is 19.4 Å². The van der Waals surface area contributed by atoms with Crippen molar-refractivity contribution in [3.05, 3.63) is 59.1 Å². The van der Waals surface area contributed by atoms with Gasteiger partial charge in [0.2, 0.25) is 0 Å². The summed E-state index contributed by atoms with van der Waals surface area (Å²) in [6.07, 6.45) is 10.5. The van der Waals surface area contributed by atoms with E-state index >= 15 is 0 Å². The highest BCUT2D eigenvalue weighted by Gasteiger charge is 2.27.